The van der Waals surface area contributed by atoms with Crippen LogP contribution in [0.15, 0.2) is 14.1 Å². The Morgan fingerprint density at radius 3 is 2.52 bits per heavy atom. The number of aromatic hydroxyl groups is 1. The fourth-order valence-electron chi connectivity index (χ4n) is 1.90. The van der Waals surface area contributed by atoms with Crippen LogP contribution in [0.25, 0.3) is 0 Å². The first-order valence-corrected chi connectivity index (χ1v) is 7.17. The van der Waals surface area contributed by atoms with Gasteiger partial charge in [-0.15, -0.1) is 0 Å². The van der Waals surface area contributed by atoms with Crippen LogP contribution in [0.5, 0.6) is 5.75 Å². The maximum Gasteiger partial charge on any atom is 0.289 e. The van der Waals surface area contributed by atoms with Crippen molar-refractivity contribution >= 4 is 33.3 Å². The molecule has 2 aromatic heterocycles. The molecule has 0 saturated carbocycles. The summed E-state index contributed by atoms with van der Waals surface area (Å²) in [5, 5.41) is 19.1. The molecule has 2 heterocycles. The molecular formula is C12H15BrN6O4. The predicted octanol–water partition coefficient (Wildman–Crippen LogP) is -0.279. The molecule has 0 spiro atoms. The van der Waals surface area contributed by atoms with E-state index in [2.05, 4.69) is 31.4 Å². The number of nitrogens with zero attached hydrogens (tertiary/aromatic N) is 4. The standard InChI is InChI=1S/C12H15BrN6O4/c1-17(2)12(23)7-8(20)9(15-18(7)3)14-6-5(13)10(21)16-19(4)11(6)22/h20H,1-4H3,(H,14,15)(H,16,21). The van der Waals surface area contributed by atoms with Crippen molar-refractivity contribution < 1.29 is 9.90 Å². The van der Waals surface area contributed by atoms with Gasteiger partial charge in [0.2, 0.25) is 0 Å². The number of nitrogens with one attached hydrogen (secondary N) is 2. The zero-order chi connectivity index (χ0) is 17.5. The maximum atomic E-state index is 12.1. The Labute approximate surface area is 138 Å². The molecule has 124 valence electrons. The number of halogens is 1. The number of hydrogen-bond donors (Lipinski definition) is 3. The van der Waals surface area contributed by atoms with Crippen LogP contribution in [0.3, 0.4) is 0 Å². The van der Waals surface area contributed by atoms with Crippen molar-refractivity contribution in [1.29, 1.82) is 0 Å². The molecule has 0 saturated heterocycles. The highest BCUT2D eigenvalue weighted by atomic mass is 79.9. The van der Waals surface area contributed by atoms with Crippen LogP contribution in [0, 0.1) is 0 Å². The summed E-state index contributed by atoms with van der Waals surface area (Å²) in [6.07, 6.45) is 0. The van der Waals surface area contributed by atoms with Gasteiger partial charge in [0.1, 0.15) is 10.2 Å². The van der Waals surface area contributed by atoms with Gasteiger partial charge in [-0.1, -0.05) is 0 Å². The SMILES string of the molecule is CN(C)C(=O)c1c(O)c(Nc2c(Br)c(=O)[nH]n(C)c2=O)nn1C. The Morgan fingerprint density at radius 2 is 1.96 bits per heavy atom. The number of carbonyl (C=O) groups excluding carboxylic acids is 1. The summed E-state index contributed by atoms with van der Waals surface area (Å²) in [7, 11) is 5.92. The summed E-state index contributed by atoms with van der Waals surface area (Å²) in [5.74, 6) is -0.982. The molecule has 1 amide bonds. The van der Waals surface area contributed by atoms with Gasteiger partial charge in [0.15, 0.2) is 17.3 Å². The normalized spacial score (nSPS) is 10.7. The number of amides is 1. The summed E-state index contributed by atoms with van der Waals surface area (Å²) in [4.78, 5) is 37.1. The molecule has 0 unspecified atom stereocenters. The number of aromatic nitrogens is 4. The second-order valence-electron chi connectivity index (χ2n) is 4.99. The third-order valence-electron chi connectivity index (χ3n) is 3.08. The van der Waals surface area contributed by atoms with Crippen molar-refractivity contribution in [2.24, 2.45) is 14.1 Å². The molecule has 10 nitrogen and oxygen atoms in total. The van der Waals surface area contributed by atoms with Crippen LogP contribution in [-0.4, -0.2) is 49.6 Å². The van der Waals surface area contributed by atoms with Crippen LogP contribution in [0.2, 0.25) is 0 Å². The van der Waals surface area contributed by atoms with Crippen LogP contribution in [-0.2, 0) is 14.1 Å². The van der Waals surface area contributed by atoms with Gasteiger partial charge >= 0.3 is 0 Å². The zero-order valence-corrected chi connectivity index (χ0v) is 14.4. The molecule has 3 N–H and O–H groups in total. The minimum Gasteiger partial charge on any atom is -0.503 e. The van der Waals surface area contributed by atoms with E-state index in [1.165, 1.54) is 37.8 Å². The van der Waals surface area contributed by atoms with E-state index < -0.39 is 22.8 Å². The molecule has 2 aromatic rings. The molecule has 2 rings (SSSR count). The number of H-pyrrole nitrogens is 1. The third-order valence-corrected chi connectivity index (χ3v) is 3.84. The van der Waals surface area contributed by atoms with Crippen LogP contribution >= 0.6 is 15.9 Å². The lowest BCUT2D eigenvalue weighted by Crippen LogP contribution is -2.30. The van der Waals surface area contributed by atoms with E-state index in [9.17, 15) is 19.5 Å². The van der Waals surface area contributed by atoms with Crippen molar-refractivity contribution in [2.75, 3.05) is 19.4 Å². The highest BCUT2D eigenvalue weighted by Gasteiger charge is 2.24. The highest BCUT2D eigenvalue weighted by Crippen LogP contribution is 2.30. The van der Waals surface area contributed by atoms with Crippen molar-refractivity contribution in [1.82, 2.24) is 24.5 Å². The molecule has 0 aliphatic heterocycles. The lowest BCUT2D eigenvalue weighted by atomic mass is 10.3. The molecule has 0 fully saturated rings. The topological polar surface area (TPSA) is 125 Å². The number of anilines is 2. The monoisotopic (exact) mass is 386 g/mol. The van der Waals surface area contributed by atoms with E-state index in [1.54, 1.807) is 0 Å². The van der Waals surface area contributed by atoms with Gasteiger partial charge in [-0.05, 0) is 15.9 Å². The molecule has 11 heteroatoms. The van der Waals surface area contributed by atoms with E-state index in [-0.39, 0.29) is 21.7 Å². The quantitative estimate of drug-likeness (QED) is 0.665. The van der Waals surface area contributed by atoms with Gasteiger partial charge in [-0.3, -0.25) is 28.8 Å². The van der Waals surface area contributed by atoms with E-state index in [0.717, 1.165) is 4.68 Å². The van der Waals surface area contributed by atoms with Crippen LogP contribution in [0.4, 0.5) is 11.5 Å². The van der Waals surface area contributed by atoms with Gasteiger partial charge in [-0.25, -0.2) is 0 Å². The molecule has 0 aliphatic rings. The largest absolute Gasteiger partial charge is 0.503 e. The molecule has 0 atom stereocenters. The van der Waals surface area contributed by atoms with Gasteiger partial charge in [0, 0.05) is 28.2 Å². The highest BCUT2D eigenvalue weighted by molar-refractivity contribution is 9.10. The van der Waals surface area contributed by atoms with Gasteiger partial charge in [-0.2, -0.15) is 5.10 Å². The Kier molecular flexibility index (Phi) is 4.32. The smallest absolute Gasteiger partial charge is 0.289 e. The fourth-order valence-corrected chi connectivity index (χ4v) is 2.26. The summed E-state index contributed by atoms with van der Waals surface area (Å²) in [5.41, 5.74) is -1.22. The Morgan fingerprint density at radius 1 is 1.35 bits per heavy atom. The fraction of sp³-hybridized carbons (Fsp3) is 0.333. The zero-order valence-electron chi connectivity index (χ0n) is 12.8. The van der Waals surface area contributed by atoms with Crippen LogP contribution < -0.4 is 16.4 Å². The van der Waals surface area contributed by atoms with E-state index in [1.807, 2.05) is 0 Å². The molecule has 0 aromatic carbocycles. The van der Waals surface area contributed by atoms with Gasteiger partial charge in [0.25, 0.3) is 17.0 Å². The molecule has 23 heavy (non-hydrogen) atoms. The van der Waals surface area contributed by atoms with E-state index in [0.29, 0.717) is 0 Å². The molecule has 0 radical (unpaired) electrons. The summed E-state index contributed by atoms with van der Waals surface area (Å²) >= 11 is 3.01. The molecule has 0 aliphatic carbocycles. The van der Waals surface area contributed by atoms with E-state index in [4.69, 9.17) is 0 Å². The van der Waals surface area contributed by atoms with Crippen molar-refractivity contribution in [2.45, 2.75) is 0 Å². The number of aromatic amines is 1. The Bertz CT molecular complexity index is 894. The average molecular weight is 387 g/mol. The van der Waals surface area contributed by atoms with Crippen molar-refractivity contribution in [3.05, 3.63) is 30.9 Å². The minimum atomic E-state index is -0.540. The van der Waals surface area contributed by atoms with E-state index >= 15 is 0 Å². The van der Waals surface area contributed by atoms with Crippen molar-refractivity contribution in [3.63, 3.8) is 0 Å². The van der Waals surface area contributed by atoms with Crippen LogP contribution in [0.1, 0.15) is 10.5 Å². The number of aryl methyl sites for hydroxylation is 2. The number of carbonyl (C=O) groups is 1. The summed E-state index contributed by atoms with van der Waals surface area (Å²) in [6, 6.07) is 0. The predicted molar refractivity (Wildman–Crippen MR) is 86.2 cm³/mol. The van der Waals surface area contributed by atoms with Gasteiger partial charge < -0.3 is 15.3 Å². The number of hydrogen-bond acceptors (Lipinski definition) is 6. The second kappa shape index (κ2) is 5.91. The minimum absolute atomic E-state index is 0.0360. The molecule has 0 bridgehead atoms. The lowest BCUT2D eigenvalue weighted by Gasteiger charge is -2.10. The maximum absolute atomic E-state index is 12.1. The first kappa shape index (κ1) is 16.8. The van der Waals surface area contributed by atoms with Gasteiger partial charge in [0.05, 0.1) is 0 Å². The number of rotatable bonds is 3. The Hall–Kier alpha value is -2.56. The third kappa shape index (κ3) is 2.86. The van der Waals surface area contributed by atoms with Crippen molar-refractivity contribution in [3.8, 4) is 5.75 Å². The summed E-state index contributed by atoms with van der Waals surface area (Å²) in [6.45, 7) is 0. The first-order chi connectivity index (χ1) is 10.6. The first-order valence-electron chi connectivity index (χ1n) is 6.38. The Balaban J connectivity index is 2.56. The average Bonchev–Trinajstić information content (AvgIpc) is 2.75. The second-order valence-corrected chi connectivity index (χ2v) is 5.78. The summed E-state index contributed by atoms with van der Waals surface area (Å²) < 4.78 is 2.14. The molecular weight excluding hydrogens is 372 g/mol. The lowest BCUT2D eigenvalue weighted by molar-refractivity contribution is 0.0814.